The summed E-state index contributed by atoms with van der Waals surface area (Å²) in [6.45, 7) is 1.71. The summed E-state index contributed by atoms with van der Waals surface area (Å²) < 4.78 is 55.8. The van der Waals surface area contributed by atoms with Gasteiger partial charge >= 0.3 is 6.36 Å². The van der Waals surface area contributed by atoms with Crippen LogP contribution in [-0.4, -0.2) is 78.2 Å². The molecule has 2 heterocycles. The van der Waals surface area contributed by atoms with Crippen molar-refractivity contribution in [1.29, 1.82) is 0 Å². The summed E-state index contributed by atoms with van der Waals surface area (Å²) in [5.41, 5.74) is -0.00576. The Kier molecular flexibility index (Phi) is 8.01. The van der Waals surface area contributed by atoms with Crippen molar-refractivity contribution < 1.29 is 42.1 Å². The number of nitrogens with one attached hydrogen (secondary N) is 1. The molecule has 2 fully saturated rings. The van der Waals surface area contributed by atoms with Gasteiger partial charge in [0.15, 0.2) is 23.8 Å². The fourth-order valence-electron chi connectivity index (χ4n) is 4.09. The van der Waals surface area contributed by atoms with Crippen molar-refractivity contribution in [3.63, 3.8) is 0 Å². The zero-order chi connectivity index (χ0) is 24.2. The number of para-hydroxylation sites is 1. The maximum absolute atomic E-state index is 13.9. The molecule has 3 N–H and O–H groups in total. The van der Waals surface area contributed by atoms with Crippen molar-refractivity contribution in [2.45, 2.75) is 44.3 Å². The minimum Gasteiger partial charge on any atom is -0.400 e. The molecule has 8 nitrogen and oxygen atoms in total. The van der Waals surface area contributed by atoms with Crippen LogP contribution in [0.2, 0.25) is 0 Å². The Morgan fingerprint density at radius 2 is 1.73 bits per heavy atom. The van der Waals surface area contributed by atoms with Gasteiger partial charge in [0.2, 0.25) is 0 Å². The normalized spacial score (nSPS) is 19.3. The van der Waals surface area contributed by atoms with Crippen LogP contribution in [0.15, 0.2) is 18.2 Å². The lowest BCUT2D eigenvalue weighted by atomic mass is 9.96. The van der Waals surface area contributed by atoms with Crippen LogP contribution < -0.4 is 15.0 Å². The number of benzene rings is 1. The summed E-state index contributed by atoms with van der Waals surface area (Å²) in [6.07, 6.45) is -6.20. The minimum atomic E-state index is -5.03. The maximum Gasteiger partial charge on any atom is 0.573 e. The minimum absolute atomic E-state index is 0.00576. The summed E-state index contributed by atoms with van der Waals surface area (Å²) in [5.74, 6) is -3.60. The van der Waals surface area contributed by atoms with Crippen LogP contribution in [0, 0.1) is 11.7 Å². The van der Waals surface area contributed by atoms with Crippen LogP contribution >= 0.6 is 0 Å². The Bertz CT molecular complexity index is 840. The fraction of sp³-hybridized carbons (Fsp3) is 0.619. The zero-order valence-corrected chi connectivity index (χ0v) is 17.9. The van der Waals surface area contributed by atoms with E-state index < -0.39 is 42.0 Å². The van der Waals surface area contributed by atoms with Crippen LogP contribution in [0.1, 0.15) is 25.7 Å². The molecule has 0 bridgehead atoms. The Morgan fingerprint density at radius 1 is 1.09 bits per heavy atom. The van der Waals surface area contributed by atoms with Crippen LogP contribution in [0.3, 0.4) is 0 Å². The second-order valence-corrected chi connectivity index (χ2v) is 8.23. The van der Waals surface area contributed by atoms with Gasteiger partial charge in [-0.1, -0.05) is 6.07 Å². The van der Waals surface area contributed by atoms with Crippen molar-refractivity contribution in [2.75, 3.05) is 37.6 Å². The SMILES string of the molecule is O=C(NCC1CCN(c2cccc(F)c2OC(F)(F)F)CC1)[C@H](O)[C@@H](O)C(=O)N1CCCC1. The number of carbonyl (C=O) groups excluding carboxylic acids is 2. The number of ether oxygens (including phenoxy) is 1. The van der Waals surface area contributed by atoms with E-state index in [4.69, 9.17) is 0 Å². The van der Waals surface area contributed by atoms with E-state index in [0.717, 1.165) is 18.9 Å². The lowest BCUT2D eigenvalue weighted by Gasteiger charge is -2.34. The average Bonchev–Trinajstić information content (AvgIpc) is 3.32. The molecule has 2 amide bonds. The number of amides is 2. The lowest BCUT2D eigenvalue weighted by Crippen LogP contribution is -2.51. The average molecular weight is 477 g/mol. The Morgan fingerprint density at radius 3 is 2.33 bits per heavy atom. The van der Waals surface area contributed by atoms with Gasteiger partial charge in [-0.2, -0.15) is 0 Å². The highest BCUT2D eigenvalue weighted by Gasteiger charge is 2.36. The third-order valence-corrected chi connectivity index (χ3v) is 5.92. The van der Waals surface area contributed by atoms with Crippen LogP contribution in [0.5, 0.6) is 5.75 Å². The third kappa shape index (κ3) is 6.47. The molecule has 184 valence electrons. The monoisotopic (exact) mass is 477 g/mol. The molecule has 0 radical (unpaired) electrons. The van der Waals surface area contributed by atoms with Gasteiger partial charge in [-0.15, -0.1) is 13.2 Å². The highest BCUT2D eigenvalue weighted by molar-refractivity contribution is 5.90. The Hall–Kier alpha value is -2.60. The first-order valence-electron chi connectivity index (χ1n) is 10.8. The number of aliphatic hydroxyl groups is 2. The number of halogens is 4. The summed E-state index contributed by atoms with van der Waals surface area (Å²) in [7, 11) is 0. The molecule has 33 heavy (non-hydrogen) atoms. The number of likely N-dealkylation sites (tertiary alicyclic amines) is 1. The molecule has 0 spiro atoms. The number of nitrogens with zero attached hydrogens (tertiary/aromatic N) is 2. The first-order chi connectivity index (χ1) is 15.6. The Labute approximate surface area is 188 Å². The number of alkyl halides is 3. The van der Waals surface area contributed by atoms with Gasteiger partial charge in [0.05, 0.1) is 5.69 Å². The van der Waals surface area contributed by atoms with Gasteiger partial charge < -0.3 is 30.1 Å². The predicted octanol–water partition coefficient (Wildman–Crippen LogP) is 1.40. The van der Waals surface area contributed by atoms with E-state index in [0.29, 0.717) is 39.0 Å². The van der Waals surface area contributed by atoms with Crippen molar-refractivity contribution in [3.05, 3.63) is 24.0 Å². The first-order valence-corrected chi connectivity index (χ1v) is 10.8. The number of aliphatic hydroxyl groups excluding tert-OH is 2. The van der Waals surface area contributed by atoms with Gasteiger partial charge in [0, 0.05) is 32.7 Å². The molecular weight excluding hydrogens is 450 g/mol. The van der Waals surface area contributed by atoms with Gasteiger partial charge in [-0.3, -0.25) is 9.59 Å². The lowest BCUT2D eigenvalue weighted by molar-refractivity contribution is -0.275. The van der Waals surface area contributed by atoms with Crippen LogP contribution in [-0.2, 0) is 9.59 Å². The molecular formula is C21H27F4N3O5. The van der Waals surface area contributed by atoms with Crippen molar-refractivity contribution in [3.8, 4) is 5.75 Å². The van der Waals surface area contributed by atoms with E-state index in [2.05, 4.69) is 10.1 Å². The quantitative estimate of drug-likeness (QED) is 0.514. The van der Waals surface area contributed by atoms with Crippen molar-refractivity contribution in [2.24, 2.45) is 5.92 Å². The third-order valence-electron chi connectivity index (χ3n) is 5.92. The fourth-order valence-corrected chi connectivity index (χ4v) is 4.09. The molecule has 0 saturated carbocycles. The maximum atomic E-state index is 13.9. The van der Waals surface area contributed by atoms with Crippen LogP contribution in [0.4, 0.5) is 23.2 Å². The molecule has 12 heteroatoms. The topological polar surface area (TPSA) is 102 Å². The second kappa shape index (κ2) is 10.6. The number of carbonyl (C=O) groups is 2. The Balaban J connectivity index is 1.49. The summed E-state index contributed by atoms with van der Waals surface area (Å²) >= 11 is 0. The largest absolute Gasteiger partial charge is 0.573 e. The van der Waals surface area contributed by atoms with Crippen molar-refractivity contribution >= 4 is 17.5 Å². The van der Waals surface area contributed by atoms with Gasteiger partial charge in [-0.25, -0.2) is 4.39 Å². The van der Waals surface area contributed by atoms with Gasteiger partial charge in [-0.05, 0) is 43.7 Å². The molecule has 2 saturated heterocycles. The number of anilines is 1. The molecule has 1 aromatic rings. The highest BCUT2D eigenvalue weighted by atomic mass is 19.4. The number of hydrogen-bond donors (Lipinski definition) is 3. The zero-order valence-electron chi connectivity index (χ0n) is 17.9. The number of rotatable bonds is 7. The molecule has 0 unspecified atom stereocenters. The summed E-state index contributed by atoms with van der Waals surface area (Å²) in [4.78, 5) is 27.3. The molecule has 0 aliphatic carbocycles. The van der Waals surface area contributed by atoms with Gasteiger partial charge in [0.1, 0.15) is 0 Å². The molecule has 0 aromatic heterocycles. The standard InChI is InChI=1S/C21H27F4N3O5/c22-14-4-3-5-15(18(14)33-21(23,24)25)27-10-6-13(7-11-27)12-26-19(31)16(29)17(30)20(32)28-8-1-2-9-28/h3-5,13,16-17,29-30H,1-2,6-12H2,(H,26,31)/t16-,17-/m1/s1. The van der Waals surface area contributed by atoms with Crippen LogP contribution in [0.25, 0.3) is 0 Å². The van der Waals surface area contributed by atoms with E-state index in [1.165, 1.54) is 17.0 Å². The number of hydrogen-bond acceptors (Lipinski definition) is 6. The molecule has 2 atom stereocenters. The molecule has 3 rings (SSSR count). The van der Waals surface area contributed by atoms with E-state index in [-0.39, 0.29) is 18.2 Å². The molecule has 2 aliphatic heterocycles. The summed E-state index contributed by atoms with van der Waals surface area (Å²) in [6, 6.07) is 3.54. The second-order valence-electron chi connectivity index (χ2n) is 8.23. The van der Waals surface area contributed by atoms with Gasteiger partial charge in [0.25, 0.3) is 11.8 Å². The smallest absolute Gasteiger partial charge is 0.400 e. The van der Waals surface area contributed by atoms with E-state index in [1.807, 2.05) is 0 Å². The summed E-state index contributed by atoms with van der Waals surface area (Å²) in [5, 5.41) is 22.6. The van der Waals surface area contributed by atoms with E-state index in [1.54, 1.807) is 4.90 Å². The van der Waals surface area contributed by atoms with E-state index in [9.17, 15) is 37.4 Å². The van der Waals surface area contributed by atoms with Crippen molar-refractivity contribution in [1.82, 2.24) is 10.2 Å². The molecule has 1 aromatic carbocycles. The highest BCUT2D eigenvalue weighted by Crippen LogP contribution is 2.37. The molecule has 2 aliphatic rings. The number of piperidine rings is 1. The first kappa shape index (κ1) is 25.0. The van der Waals surface area contributed by atoms with E-state index >= 15 is 0 Å². The predicted molar refractivity (Wildman–Crippen MR) is 109 cm³/mol.